The molecule has 1 aliphatic rings. The molecule has 1 fully saturated rings. The Kier molecular flexibility index (Phi) is 7.90. The number of alkyl halides is 3. The van der Waals surface area contributed by atoms with E-state index in [9.17, 15) is 17.6 Å². The molecule has 0 aromatic carbocycles. The van der Waals surface area contributed by atoms with Crippen LogP contribution in [-0.2, 0) is 4.74 Å². The van der Waals surface area contributed by atoms with Gasteiger partial charge in [0.2, 0.25) is 6.17 Å². The van der Waals surface area contributed by atoms with Gasteiger partial charge in [-0.25, -0.2) is 13.7 Å². The maximum absolute atomic E-state index is 13.1. The van der Waals surface area contributed by atoms with Crippen molar-refractivity contribution in [2.24, 2.45) is 0 Å². The SMILES string of the molecule is C=C(F)C(F)C(F)(F)N1CCOCC1.Cl.F. The lowest BCUT2D eigenvalue weighted by molar-refractivity contribution is -0.204. The zero-order valence-electron chi connectivity index (χ0n) is 8.30. The van der Waals surface area contributed by atoms with E-state index in [2.05, 4.69) is 6.58 Å². The number of hydrogen-bond donors (Lipinski definition) is 0. The molecule has 1 rings (SSSR count). The first-order valence-corrected chi connectivity index (χ1v) is 4.15. The number of rotatable bonds is 3. The highest BCUT2D eigenvalue weighted by molar-refractivity contribution is 5.85. The van der Waals surface area contributed by atoms with Crippen LogP contribution in [0.1, 0.15) is 0 Å². The molecule has 2 nitrogen and oxygen atoms in total. The van der Waals surface area contributed by atoms with E-state index < -0.39 is 18.0 Å². The van der Waals surface area contributed by atoms with Gasteiger partial charge in [0.25, 0.3) is 0 Å². The maximum Gasteiger partial charge on any atom is 0.342 e. The fraction of sp³-hybridized carbons (Fsp3) is 0.750. The summed E-state index contributed by atoms with van der Waals surface area (Å²) in [5, 5.41) is 0. The van der Waals surface area contributed by atoms with E-state index in [1.807, 2.05) is 0 Å². The molecule has 0 spiro atoms. The highest BCUT2D eigenvalue weighted by Gasteiger charge is 2.48. The molecule has 0 N–H and O–H groups in total. The molecule has 16 heavy (non-hydrogen) atoms. The first kappa shape index (κ1) is 18.0. The molecule has 0 amide bonds. The van der Waals surface area contributed by atoms with Crippen LogP contribution in [0.15, 0.2) is 12.4 Å². The normalized spacial score (nSPS) is 19.2. The van der Waals surface area contributed by atoms with E-state index in [1.54, 1.807) is 0 Å². The van der Waals surface area contributed by atoms with Gasteiger partial charge >= 0.3 is 6.05 Å². The van der Waals surface area contributed by atoms with E-state index in [0.717, 1.165) is 0 Å². The van der Waals surface area contributed by atoms with Crippen molar-refractivity contribution in [2.75, 3.05) is 26.3 Å². The Morgan fingerprint density at radius 3 is 2.12 bits per heavy atom. The Labute approximate surface area is 96.0 Å². The summed E-state index contributed by atoms with van der Waals surface area (Å²) in [5.41, 5.74) is 0. The van der Waals surface area contributed by atoms with Crippen molar-refractivity contribution >= 4 is 12.4 Å². The molecule has 1 unspecified atom stereocenters. The van der Waals surface area contributed by atoms with E-state index in [4.69, 9.17) is 4.74 Å². The van der Waals surface area contributed by atoms with Crippen LogP contribution in [0.5, 0.6) is 0 Å². The van der Waals surface area contributed by atoms with Crippen LogP contribution in [0.25, 0.3) is 0 Å². The van der Waals surface area contributed by atoms with Crippen LogP contribution in [0.2, 0.25) is 0 Å². The van der Waals surface area contributed by atoms with Gasteiger partial charge < -0.3 is 4.74 Å². The molecular formula is C8H13ClF5NO. The number of nitrogens with zero attached hydrogens (tertiary/aromatic N) is 1. The van der Waals surface area contributed by atoms with Crippen LogP contribution < -0.4 is 0 Å². The van der Waals surface area contributed by atoms with Gasteiger partial charge in [0.1, 0.15) is 5.83 Å². The van der Waals surface area contributed by atoms with Crippen molar-refractivity contribution in [1.29, 1.82) is 0 Å². The van der Waals surface area contributed by atoms with E-state index in [0.29, 0.717) is 4.90 Å². The van der Waals surface area contributed by atoms with Crippen LogP contribution in [0.3, 0.4) is 0 Å². The lowest BCUT2D eigenvalue weighted by Gasteiger charge is -2.34. The second-order valence-corrected chi connectivity index (χ2v) is 3.00. The molecule has 1 atom stereocenters. The highest BCUT2D eigenvalue weighted by atomic mass is 35.5. The Bertz CT molecular complexity index is 222. The minimum Gasteiger partial charge on any atom is -0.379 e. The smallest absolute Gasteiger partial charge is 0.342 e. The Hall–Kier alpha value is -0.400. The quantitative estimate of drug-likeness (QED) is 0.576. The number of ether oxygens (including phenoxy) is 1. The van der Waals surface area contributed by atoms with Crippen molar-refractivity contribution in [2.45, 2.75) is 12.2 Å². The molecule has 1 heterocycles. The summed E-state index contributed by atoms with van der Waals surface area (Å²) in [4.78, 5) is 0.561. The van der Waals surface area contributed by atoms with Crippen molar-refractivity contribution in [3.8, 4) is 0 Å². The van der Waals surface area contributed by atoms with Crippen molar-refractivity contribution in [3.63, 3.8) is 0 Å². The molecule has 1 aliphatic heterocycles. The predicted octanol–water partition coefficient (Wildman–Crippen LogP) is 2.31. The molecule has 0 bridgehead atoms. The van der Waals surface area contributed by atoms with Crippen molar-refractivity contribution in [3.05, 3.63) is 12.4 Å². The molecule has 0 radical (unpaired) electrons. The fourth-order valence-electron chi connectivity index (χ4n) is 1.21. The molecule has 98 valence electrons. The monoisotopic (exact) mass is 269 g/mol. The third kappa shape index (κ3) is 3.88. The third-order valence-corrected chi connectivity index (χ3v) is 2.01. The second kappa shape index (κ2) is 7.03. The Balaban J connectivity index is 0. The van der Waals surface area contributed by atoms with Gasteiger partial charge in [-0.1, -0.05) is 6.58 Å². The zero-order valence-corrected chi connectivity index (χ0v) is 9.11. The molecular weight excluding hydrogens is 257 g/mol. The van der Waals surface area contributed by atoms with Gasteiger partial charge in [0, 0.05) is 13.1 Å². The summed E-state index contributed by atoms with van der Waals surface area (Å²) >= 11 is 0. The van der Waals surface area contributed by atoms with Gasteiger partial charge in [-0.2, -0.15) is 8.78 Å². The first-order valence-electron chi connectivity index (χ1n) is 4.15. The van der Waals surface area contributed by atoms with Crippen molar-refractivity contribution < 1.29 is 27.0 Å². The summed E-state index contributed by atoms with van der Waals surface area (Å²) < 4.78 is 56.1. The topological polar surface area (TPSA) is 12.5 Å². The number of morpholine rings is 1. The highest BCUT2D eigenvalue weighted by Crippen LogP contribution is 2.31. The van der Waals surface area contributed by atoms with Gasteiger partial charge in [0.15, 0.2) is 0 Å². The maximum atomic E-state index is 13.1. The molecule has 1 saturated heterocycles. The molecule has 8 heteroatoms. The summed E-state index contributed by atoms with van der Waals surface area (Å²) in [6.45, 7) is 2.51. The number of halogens is 6. The fourth-order valence-corrected chi connectivity index (χ4v) is 1.21. The van der Waals surface area contributed by atoms with Crippen LogP contribution in [0, 0.1) is 0 Å². The van der Waals surface area contributed by atoms with Crippen LogP contribution in [0.4, 0.5) is 22.3 Å². The second-order valence-electron chi connectivity index (χ2n) is 3.00. The molecule has 0 aromatic heterocycles. The van der Waals surface area contributed by atoms with Gasteiger partial charge in [-0.05, 0) is 0 Å². The van der Waals surface area contributed by atoms with E-state index in [1.165, 1.54) is 0 Å². The summed E-state index contributed by atoms with van der Waals surface area (Å²) in [6, 6.07) is -3.84. The summed E-state index contributed by atoms with van der Waals surface area (Å²) in [7, 11) is 0. The minimum atomic E-state index is -3.84. The standard InChI is InChI=1S/C8H11F4NO.ClH.FH/c1-6(9)7(10)8(11,12)13-2-4-14-5-3-13;;/h7H,1-5H2;2*1H. The Morgan fingerprint density at radius 2 is 1.75 bits per heavy atom. The van der Waals surface area contributed by atoms with Crippen molar-refractivity contribution in [1.82, 2.24) is 4.90 Å². The van der Waals surface area contributed by atoms with Gasteiger partial charge in [0.05, 0.1) is 13.2 Å². The third-order valence-electron chi connectivity index (χ3n) is 2.01. The molecule has 0 saturated carbocycles. The minimum absolute atomic E-state index is 0. The lowest BCUT2D eigenvalue weighted by Crippen LogP contribution is -2.53. The Morgan fingerprint density at radius 1 is 1.31 bits per heavy atom. The average Bonchev–Trinajstić information content (AvgIpc) is 2.18. The van der Waals surface area contributed by atoms with E-state index in [-0.39, 0.29) is 43.4 Å². The largest absolute Gasteiger partial charge is 0.379 e. The summed E-state index contributed by atoms with van der Waals surface area (Å²) in [5.74, 6) is -1.65. The first-order chi connectivity index (χ1) is 6.46. The van der Waals surface area contributed by atoms with Crippen LogP contribution >= 0.6 is 12.4 Å². The lowest BCUT2D eigenvalue weighted by atomic mass is 10.2. The van der Waals surface area contributed by atoms with Gasteiger partial charge in [-0.3, -0.25) is 4.70 Å². The van der Waals surface area contributed by atoms with Gasteiger partial charge in [-0.15, -0.1) is 12.4 Å². The average molecular weight is 270 g/mol. The van der Waals surface area contributed by atoms with Crippen LogP contribution in [-0.4, -0.2) is 43.4 Å². The number of hydrogen-bond acceptors (Lipinski definition) is 2. The predicted molar refractivity (Wildman–Crippen MR) is 52.2 cm³/mol. The molecule has 0 aromatic rings. The zero-order chi connectivity index (χ0) is 10.8. The van der Waals surface area contributed by atoms with E-state index >= 15 is 0 Å². The summed E-state index contributed by atoms with van der Waals surface area (Å²) in [6.07, 6.45) is -2.97. The molecule has 0 aliphatic carbocycles.